The Balaban J connectivity index is 1.26. The van der Waals surface area contributed by atoms with Gasteiger partial charge >= 0.3 is 0 Å². The molecule has 3 aromatic rings. The highest BCUT2D eigenvalue weighted by atomic mass is 32.2. The van der Waals surface area contributed by atoms with Gasteiger partial charge in [-0.05, 0) is 36.4 Å². The number of thioether (sulfide) groups is 1. The first-order valence-corrected chi connectivity index (χ1v) is 12.8. The van der Waals surface area contributed by atoms with Gasteiger partial charge in [-0.2, -0.15) is 0 Å². The molecule has 190 valence electrons. The normalized spacial score (nSPS) is 14.0. The molecule has 36 heavy (non-hydrogen) atoms. The highest BCUT2D eigenvalue weighted by Gasteiger charge is 2.29. The molecule has 1 fully saturated rings. The van der Waals surface area contributed by atoms with Gasteiger partial charge in [0.1, 0.15) is 5.75 Å². The van der Waals surface area contributed by atoms with Gasteiger partial charge in [0.2, 0.25) is 11.8 Å². The zero-order valence-electron chi connectivity index (χ0n) is 21.0. The number of methoxy groups -OCH3 is 1. The third-order valence-corrected chi connectivity index (χ3v) is 6.61. The number of hydrogen-bond acceptors (Lipinski definition) is 8. The molecule has 0 radical (unpaired) electrons. The maximum Gasteiger partial charge on any atom is 0.277 e. The molecule has 0 spiro atoms. The standard InChI is InChI=1S/C26H31N5O4S/c1-26(2,3)24(33)31-15-13-30(14-16-31)19-11-9-18(10-12-19)27-22(32)17-36-25-29-28-23(35-25)20-7-5-6-8-21(20)34-4/h5-12H,13-17H2,1-4H3,(H,27,32). The van der Waals surface area contributed by atoms with Crippen LogP contribution in [0.4, 0.5) is 11.4 Å². The van der Waals surface area contributed by atoms with Crippen molar-refractivity contribution in [3.8, 4) is 17.2 Å². The lowest BCUT2D eigenvalue weighted by molar-refractivity contribution is -0.139. The third kappa shape index (κ3) is 6.17. The number of amides is 2. The van der Waals surface area contributed by atoms with Crippen molar-refractivity contribution in [2.75, 3.05) is 49.3 Å². The van der Waals surface area contributed by atoms with Gasteiger partial charge in [-0.1, -0.05) is 44.7 Å². The maximum atomic E-state index is 12.5. The van der Waals surface area contributed by atoms with Gasteiger partial charge in [0.25, 0.3) is 11.1 Å². The van der Waals surface area contributed by atoms with E-state index in [4.69, 9.17) is 9.15 Å². The number of nitrogens with one attached hydrogen (secondary N) is 1. The molecule has 4 rings (SSSR count). The van der Waals surface area contributed by atoms with Crippen LogP contribution in [0.5, 0.6) is 5.75 Å². The van der Waals surface area contributed by atoms with Crippen LogP contribution in [0.25, 0.3) is 11.5 Å². The molecule has 2 heterocycles. The van der Waals surface area contributed by atoms with Gasteiger partial charge in [0.15, 0.2) is 0 Å². The molecule has 1 aliphatic rings. The molecular formula is C26H31N5O4S. The van der Waals surface area contributed by atoms with E-state index in [1.165, 1.54) is 11.8 Å². The first-order chi connectivity index (χ1) is 17.2. The van der Waals surface area contributed by atoms with Crippen molar-refractivity contribution < 1.29 is 18.7 Å². The average Bonchev–Trinajstić information content (AvgIpc) is 3.36. The van der Waals surface area contributed by atoms with Crippen LogP contribution in [0.2, 0.25) is 0 Å². The minimum atomic E-state index is -0.360. The molecule has 2 amide bonds. The van der Waals surface area contributed by atoms with Crippen LogP contribution in [0, 0.1) is 5.41 Å². The Morgan fingerprint density at radius 1 is 1.03 bits per heavy atom. The van der Waals surface area contributed by atoms with Crippen molar-refractivity contribution >= 4 is 35.0 Å². The maximum absolute atomic E-state index is 12.5. The predicted octanol–water partition coefficient (Wildman–Crippen LogP) is 4.17. The lowest BCUT2D eigenvalue weighted by Gasteiger charge is -2.38. The molecule has 0 saturated carbocycles. The molecule has 9 nitrogen and oxygen atoms in total. The zero-order valence-corrected chi connectivity index (χ0v) is 21.8. The summed E-state index contributed by atoms with van der Waals surface area (Å²) in [5.74, 6) is 1.14. The molecule has 1 aromatic heterocycles. The van der Waals surface area contributed by atoms with E-state index in [-0.39, 0.29) is 23.0 Å². The zero-order chi connectivity index (χ0) is 25.7. The Hall–Kier alpha value is -3.53. The second-order valence-corrected chi connectivity index (χ2v) is 10.4. The first-order valence-electron chi connectivity index (χ1n) is 11.8. The number of carbonyl (C=O) groups is 2. The number of anilines is 2. The highest BCUT2D eigenvalue weighted by Crippen LogP contribution is 2.30. The SMILES string of the molecule is COc1ccccc1-c1nnc(SCC(=O)Nc2ccc(N3CCN(C(=O)C(C)(C)C)CC3)cc2)o1. The Bertz CT molecular complexity index is 1200. The summed E-state index contributed by atoms with van der Waals surface area (Å²) in [6.45, 7) is 8.84. The lowest BCUT2D eigenvalue weighted by atomic mass is 9.94. The number of piperazine rings is 1. The number of carbonyl (C=O) groups excluding carboxylic acids is 2. The summed E-state index contributed by atoms with van der Waals surface area (Å²) in [4.78, 5) is 29.1. The Morgan fingerprint density at radius 2 is 1.72 bits per heavy atom. The molecule has 1 aliphatic heterocycles. The van der Waals surface area contributed by atoms with Crippen LogP contribution < -0.4 is 15.0 Å². The highest BCUT2D eigenvalue weighted by molar-refractivity contribution is 7.99. The van der Waals surface area contributed by atoms with Crippen molar-refractivity contribution in [2.45, 2.75) is 26.0 Å². The van der Waals surface area contributed by atoms with Crippen molar-refractivity contribution in [3.05, 3.63) is 48.5 Å². The van der Waals surface area contributed by atoms with E-state index in [1.807, 2.05) is 74.2 Å². The van der Waals surface area contributed by atoms with E-state index in [0.29, 0.717) is 41.2 Å². The van der Waals surface area contributed by atoms with Gasteiger partial charge in [-0.15, -0.1) is 10.2 Å². The van der Waals surface area contributed by atoms with E-state index in [1.54, 1.807) is 7.11 Å². The smallest absolute Gasteiger partial charge is 0.277 e. The summed E-state index contributed by atoms with van der Waals surface area (Å²) < 4.78 is 11.0. The molecule has 1 saturated heterocycles. The number of para-hydroxylation sites is 1. The van der Waals surface area contributed by atoms with Crippen LogP contribution >= 0.6 is 11.8 Å². The Labute approximate surface area is 215 Å². The minimum absolute atomic E-state index is 0.138. The molecule has 0 unspecified atom stereocenters. The van der Waals surface area contributed by atoms with Crippen LogP contribution in [0.1, 0.15) is 20.8 Å². The van der Waals surface area contributed by atoms with E-state index < -0.39 is 0 Å². The quantitative estimate of drug-likeness (QED) is 0.474. The van der Waals surface area contributed by atoms with Crippen molar-refractivity contribution in [1.82, 2.24) is 15.1 Å². The van der Waals surface area contributed by atoms with Crippen LogP contribution in [0.3, 0.4) is 0 Å². The molecule has 0 atom stereocenters. The fraction of sp³-hybridized carbons (Fsp3) is 0.385. The molecule has 2 aromatic carbocycles. The largest absolute Gasteiger partial charge is 0.496 e. The molecule has 0 bridgehead atoms. The van der Waals surface area contributed by atoms with Gasteiger partial charge in [-0.25, -0.2) is 0 Å². The number of nitrogens with zero attached hydrogens (tertiary/aromatic N) is 4. The number of aromatic nitrogens is 2. The topological polar surface area (TPSA) is 101 Å². The first kappa shape index (κ1) is 25.6. The predicted molar refractivity (Wildman–Crippen MR) is 140 cm³/mol. The fourth-order valence-corrected chi connectivity index (χ4v) is 4.48. The fourth-order valence-electron chi connectivity index (χ4n) is 3.92. The molecule has 10 heteroatoms. The summed E-state index contributed by atoms with van der Waals surface area (Å²) in [5, 5.41) is 11.3. The van der Waals surface area contributed by atoms with Gasteiger partial charge in [0, 0.05) is 43.0 Å². The minimum Gasteiger partial charge on any atom is -0.496 e. The summed E-state index contributed by atoms with van der Waals surface area (Å²) in [7, 11) is 1.58. The summed E-state index contributed by atoms with van der Waals surface area (Å²) in [6, 6.07) is 15.1. The van der Waals surface area contributed by atoms with Gasteiger partial charge in [0.05, 0.1) is 18.4 Å². The number of benzene rings is 2. The van der Waals surface area contributed by atoms with E-state index in [0.717, 1.165) is 18.8 Å². The van der Waals surface area contributed by atoms with Gasteiger partial charge < -0.3 is 24.3 Å². The van der Waals surface area contributed by atoms with Crippen molar-refractivity contribution in [3.63, 3.8) is 0 Å². The lowest BCUT2D eigenvalue weighted by Crippen LogP contribution is -2.51. The number of ether oxygens (including phenoxy) is 1. The summed E-state index contributed by atoms with van der Waals surface area (Å²) in [6.07, 6.45) is 0. The van der Waals surface area contributed by atoms with Gasteiger partial charge in [-0.3, -0.25) is 9.59 Å². The number of hydrogen-bond donors (Lipinski definition) is 1. The summed E-state index contributed by atoms with van der Waals surface area (Å²) >= 11 is 1.17. The molecule has 1 N–H and O–H groups in total. The Morgan fingerprint density at radius 3 is 2.39 bits per heavy atom. The van der Waals surface area contributed by atoms with Crippen LogP contribution in [0.15, 0.2) is 58.2 Å². The molecular weight excluding hydrogens is 478 g/mol. The van der Waals surface area contributed by atoms with E-state index in [9.17, 15) is 9.59 Å². The molecule has 0 aliphatic carbocycles. The van der Waals surface area contributed by atoms with Crippen molar-refractivity contribution in [1.29, 1.82) is 0 Å². The summed E-state index contributed by atoms with van der Waals surface area (Å²) in [5.41, 5.74) is 2.12. The van der Waals surface area contributed by atoms with Crippen LogP contribution in [-0.2, 0) is 9.59 Å². The number of rotatable bonds is 7. The van der Waals surface area contributed by atoms with E-state index in [2.05, 4.69) is 20.4 Å². The second-order valence-electron chi connectivity index (χ2n) is 9.49. The van der Waals surface area contributed by atoms with E-state index >= 15 is 0 Å². The van der Waals surface area contributed by atoms with Crippen molar-refractivity contribution in [2.24, 2.45) is 5.41 Å². The third-order valence-electron chi connectivity index (χ3n) is 5.80. The second kappa shape index (κ2) is 11.0. The van der Waals surface area contributed by atoms with Crippen LogP contribution in [-0.4, -0.2) is 66.0 Å². The Kier molecular flexibility index (Phi) is 7.83. The monoisotopic (exact) mass is 509 g/mol. The average molecular weight is 510 g/mol.